The van der Waals surface area contributed by atoms with Crippen molar-refractivity contribution < 1.29 is 9.18 Å². The molecule has 0 saturated heterocycles. The van der Waals surface area contributed by atoms with Crippen LogP contribution < -0.4 is 5.43 Å². The number of nitrogens with zero attached hydrogens (tertiary/aromatic N) is 2. The summed E-state index contributed by atoms with van der Waals surface area (Å²) in [5, 5.41) is 5.09. The van der Waals surface area contributed by atoms with Crippen molar-refractivity contribution in [2.24, 2.45) is 5.10 Å². The van der Waals surface area contributed by atoms with Crippen LogP contribution in [0.5, 0.6) is 0 Å². The number of carbonyl (C=O) groups is 1. The zero-order valence-electron chi connectivity index (χ0n) is 16.5. The Labute approximate surface area is 174 Å². The number of halogens is 1. The predicted octanol–water partition coefficient (Wildman–Crippen LogP) is 5.59. The summed E-state index contributed by atoms with van der Waals surface area (Å²) < 4.78 is 13.3. The Kier molecular flexibility index (Phi) is 5.61. The van der Waals surface area contributed by atoms with Crippen molar-refractivity contribution in [3.05, 3.63) is 102 Å². The normalized spacial score (nSPS) is 11.5. The van der Waals surface area contributed by atoms with Crippen LogP contribution in [0.2, 0.25) is 0 Å². The van der Waals surface area contributed by atoms with Crippen LogP contribution in [-0.2, 0) is 0 Å². The first kappa shape index (κ1) is 19.5. The summed E-state index contributed by atoms with van der Waals surface area (Å²) in [4.78, 5) is 17.7. The molecule has 3 aromatic carbocycles. The number of carbonyl (C=O) groups excluding carboxylic acids is 1. The molecule has 148 valence electrons. The van der Waals surface area contributed by atoms with Gasteiger partial charge >= 0.3 is 0 Å². The molecule has 1 amide bonds. The topological polar surface area (TPSA) is 54.4 Å². The molecule has 4 rings (SSSR count). The molecular weight excluding hydrogens is 377 g/mol. The van der Waals surface area contributed by atoms with Crippen molar-refractivity contribution in [2.45, 2.75) is 13.3 Å². The lowest BCUT2D eigenvalue weighted by Gasteiger charge is -2.10. The van der Waals surface area contributed by atoms with Crippen molar-refractivity contribution in [3.8, 4) is 11.3 Å². The second kappa shape index (κ2) is 8.66. The molecule has 1 aromatic heterocycles. The predicted molar refractivity (Wildman–Crippen MR) is 118 cm³/mol. The van der Waals surface area contributed by atoms with Gasteiger partial charge in [0.1, 0.15) is 5.82 Å². The fourth-order valence-corrected chi connectivity index (χ4v) is 3.29. The maximum atomic E-state index is 13.3. The first-order chi connectivity index (χ1) is 14.7. The third kappa shape index (κ3) is 4.10. The molecule has 0 aliphatic rings. The Balaban J connectivity index is 1.72. The lowest BCUT2D eigenvalue weighted by Crippen LogP contribution is -2.20. The zero-order valence-corrected chi connectivity index (χ0v) is 16.5. The molecule has 0 aliphatic heterocycles. The lowest BCUT2D eigenvalue weighted by molar-refractivity contribution is 0.0956. The second-order valence-corrected chi connectivity index (χ2v) is 6.80. The molecule has 0 saturated carbocycles. The van der Waals surface area contributed by atoms with E-state index >= 15 is 0 Å². The molecule has 1 N–H and O–H groups in total. The number of hydrogen-bond donors (Lipinski definition) is 1. The Morgan fingerprint density at radius 3 is 2.40 bits per heavy atom. The van der Waals surface area contributed by atoms with Gasteiger partial charge in [-0.15, -0.1) is 0 Å². The molecular formula is C25H20FN3O. The number of nitrogens with one attached hydrogen (secondary N) is 1. The summed E-state index contributed by atoms with van der Waals surface area (Å²) in [5.41, 5.74) is 6.93. The maximum Gasteiger partial charge on any atom is 0.272 e. The third-order valence-electron chi connectivity index (χ3n) is 4.84. The molecule has 1 heterocycles. The molecule has 5 heteroatoms. The van der Waals surface area contributed by atoms with Crippen LogP contribution in [0.4, 0.5) is 4.39 Å². The molecule has 0 fully saturated rings. The number of hydrogen-bond acceptors (Lipinski definition) is 3. The van der Waals surface area contributed by atoms with Crippen LogP contribution >= 0.6 is 0 Å². The van der Waals surface area contributed by atoms with Crippen molar-refractivity contribution in [1.82, 2.24) is 10.4 Å². The minimum Gasteiger partial charge on any atom is -0.267 e. The van der Waals surface area contributed by atoms with Gasteiger partial charge in [-0.05, 0) is 48.4 Å². The highest BCUT2D eigenvalue weighted by atomic mass is 19.1. The minimum atomic E-state index is -0.321. The molecule has 0 unspecified atom stereocenters. The lowest BCUT2D eigenvalue weighted by atomic mass is 10.0. The summed E-state index contributed by atoms with van der Waals surface area (Å²) in [7, 11) is 0. The number of fused-ring (bicyclic) bond motifs is 1. The average Bonchev–Trinajstić information content (AvgIpc) is 2.80. The van der Waals surface area contributed by atoms with E-state index in [2.05, 4.69) is 15.5 Å². The van der Waals surface area contributed by atoms with Crippen molar-refractivity contribution in [1.29, 1.82) is 0 Å². The summed E-state index contributed by atoms with van der Waals surface area (Å²) >= 11 is 0. The standard InChI is InChI=1S/C25H20FN3O/c1-2-22(17-8-4-3-5-9-17)28-29-25(30)21-16-24(18-12-14-19(26)15-13-18)27-23-11-7-6-10-20(21)23/h3-16H,2H2,1H3,(H,29,30)/b28-22-. The Morgan fingerprint density at radius 1 is 0.967 bits per heavy atom. The first-order valence-electron chi connectivity index (χ1n) is 9.73. The molecule has 30 heavy (non-hydrogen) atoms. The SMILES string of the molecule is CC/C(=N/NC(=O)c1cc(-c2ccc(F)cc2)nc2ccccc12)c1ccccc1. The van der Waals surface area contributed by atoms with Crippen LogP contribution in [0.1, 0.15) is 29.3 Å². The number of pyridine rings is 1. The fraction of sp³-hybridized carbons (Fsp3) is 0.0800. The number of benzene rings is 3. The van der Waals surface area contributed by atoms with E-state index in [0.717, 1.165) is 22.2 Å². The van der Waals surface area contributed by atoms with Crippen LogP contribution in [0.15, 0.2) is 90.0 Å². The Hall–Kier alpha value is -3.86. The molecule has 4 aromatic rings. The van der Waals surface area contributed by atoms with Gasteiger partial charge in [-0.2, -0.15) is 5.10 Å². The van der Waals surface area contributed by atoms with Crippen LogP contribution in [-0.4, -0.2) is 16.6 Å². The van der Waals surface area contributed by atoms with Gasteiger partial charge in [-0.1, -0.05) is 55.5 Å². The van der Waals surface area contributed by atoms with E-state index in [1.54, 1.807) is 18.2 Å². The number of amides is 1. The third-order valence-corrected chi connectivity index (χ3v) is 4.84. The Bertz CT molecular complexity index is 1220. The fourth-order valence-electron chi connectivity index (χ4n) is 3.29. The summed E-state index contributed by atoms with van der Waals surface area (Å²) in [6, 6.07) is 25.0. The summed E-state index contributed by atoms with van der Waals surface area (Å²) in [5.74, 6) is -0.640. The van der Waals surface area contributed by atoms with Crippen LogP contribution in [0.25, 0.3) is 22.2 Å². The van der Waals surface area contributed by atoms with Gasteiger partial charge in [0.15, 0.2) is 0 Å². The second-order valence-electron chi connectivity index (χ2n) is 6.80. The number of aromatic nitrogens is 1. The van der Waals surface area contributed by atoms with E-state index in [0.29, 0.717) is 23.2 Å². The highest BCUT2D eigenvalue weighted by Gasteiger charge is 2.14. The van der Waals surface area contributed by atoms with Gasteiger partial charge in [0.2, 0.25) is 0 Å². The van der Waals surface area contributed by atoms with E-state index < -0.39 is 0 Å². The minimum absolute atomic E-state index is 0.320. The smallest absolute Gasteiger partial charge is 0.267 e. The number of para-hydroxylation sites is 1. The van der Waals surface area contributed by atoms with Crippen molar-refractivity contribution in [3.63, 3.8) is 0 Å². The van der Waals surface area contributed by atoms with Gasteiger partial charge in [0.05, 0.1) is 22.5 Å². The molecule has 0 spiro atoms. The highest BCUT2D eigenvalue weighted by molar-refractivity contribution is 6.08. The highest BCUT2D eigenvalue weighted by Crippen LogP contribution is 2.25. The largest absolute Gasteiger partial charge is 0.272 e. The maximum absolute atomic E-state index is 13.3. The zero-order chi connectivity index (χ0) is 20.9. The van der Waals surface area contributed by atoms with E-state index in [1.807, 2.05) is 61.5 Å². The summed E-state index contributed by atoms with van der Waals surface area (Å²) in [6.45, 7) is 1.99. The molecule has 0 radical (unpaired) electrons. The van der Waals surface area contributed by atoms with Gasteiger partial charge in [-0.3, -0.25) is 4.79 Å². The van der Waals surface area contributed by atoms with Gasteiger partial charge in [0.25, 0.3) is 5.91 Å². The van der Waals surface area contributed by atoms with E-state index in [-0.39, 0.29) is 11.7 Å². The van der Waals surface area contributed by atoms with E-state index in [9.17, 15) is 9.18 Å². The first-order valence-corrected chi connectivity index (χ1v) is 9.73. The van der Waals surface area contributed by atoms with E-state index in [1.165, 1.54) is 12.1 Å². The molecule has 0 bridgehead atoms. The van der Waals surface area contributed by atoms with Crippen molar-refractivity contribution >= 4 is 22.5 Å². The quantitative estimate of drug-likeness (QED) is 0.353. The number of rotatable bonds is 5. The molecule has 0 aliphatic carbocycles. The van der Waals surface area contributed by atoms with Gasteiger partial charge < -0.3 is 0 Å². The van der Waals surface area contributed by atoms with Crippen LogP contribution in [0, 0.1) is 5.82 Å². The van der Waals surface area contributed by atoms with Gasteiger partial charge in [0, 0.05) is 10.9 Å². The Morgan fingerprint density at radius 2 is 1.67 bits per heavy atom. The van der Waals surface area contributed by atoms with Gasteiger partial charge in [-0.25, -0.2) is 14.8 Å². The average molecular weight is 397 g/mol. The number of hydrazone groups is 1. The monoisotopic (exact) mass is 397 g/mol. The van der Waals surface area contributed by atoms with Crippen molar-refractivity contribution in [2.75, 3.05) is 0 Å². The van der Waals surface area contributed by atoms with Crippen LogP contribution in [0.3, 0.4) is 0 Å². The summed E-state index contributed by atoms with van der Waals surface area (Å²) in [6.07, 6.45) is 0.683. The molecule has 0 atom stereocenters. The van der Waals surface area contributed by atoms with E-state index in [4.69, 9.17) is 0 Å². The molecule has 4 nitrogen and oxygen atoms in total.